The predicted molar refractivity (Wildman–Crippen MR) is 92.8 cm³/mol. The van der Waals surface area contributed by atoms with Crippen molar-refractivity contribution in [2.24, 2.45) is 0 Å². The molecule has 2 N–H and O–H groups in total. The summed E-state index contributed by atoms with van der Waals surface area (Å²) in [6, 6.07) is 0. The summed E-state index contributed by atoms with van der Waals surface area (Å²) in [6.07, 6.45) is -23.4. The van der Waals surface area contributed by atoms with Crippen LogP contribution in [0.5, 0.6) is 0 Å². The number of hydrogen-bond donors (Lipinski definition) is 2. The van der Waals surface area contributed by atoms with Crippen molar-refractivity contribution >= 4 is 11.6 Å². The molecule has 0 aliphatic rings. The minimum Gasteiger partial charge on any atom is -0.504 e. The number of rotatable bonds is 5. The number of aliphatic hydroxyl groups excluding tert-OH is 2. The zero-order valence-electron chi connectivity index (χ0n) is 18.1. The number of carbonyl (C=O) groups excluding carboxylic acids is 2. The molecule has 210 valence electrons. The number of alkyl halides is 12. The van der Waals surface area contributed by atoms with Gasteiger partial charge in [-0.2, -0.15) is 52.7 Å². The molecule has 0 bridgehead atoms. The summed E-state index contributed by atoms with van der Waals surface area (Å²) in [4.78, 5) is 24.1. The number of nitrogens with zero attached hydrogens (tertiary/aromatic N) is 2. The minimum absolute atomic E-state index is 0. The van der Waals surface area contributed by atoms with Crippen LogP contribution in [-0.4, -0.2) is 97.6 Å². The Kier molecular flexibility index (Phi) is 18.3. The van der Waals surface area contributed by atoms with Gasteiger partial charge in [-0.15, -0.1) is 0 Å². The first-order valence-electron chi connectivity index (χ1n) is 8.20. The smallest absolute Gasteiger partial charge is 0.454 e. The van der Waals surface area contributed by atoms with Crippen molar-refractivity contribution in [3.8, 4) is 0 Å². The van der Waals surface area contributed by atoms with Gasteiger partial charge in [-0.1, -0.05) is 0 Å². The summed E-state index contributed by atoms with van der Waals surface area (Å²) in [7, 11) is 8.35. The molecule has 0 saturated carbocycles. The van der Waals surface area contributed by atoms with Crippen molar-refractivity contribution in [3.63, 3.8) is 0 Å². The van der Waals surface area contributed by atoms with Crippen LogP contribution in [0.1, 0.15) is 0 Å². The second kappa shape index (κ2) is 15.9. The van der Waals surface area contributed by atoms with E-state index in [0.717, 1.165) is 13.1 Å². The van der Waals surface area contributed by atoms with Crippen molar-refractivity contribution in [1.82, 2.24) is 9.80 Å². The van der Waals surface area contributed by atoms with Crippen LogP contribution in [0.2, 0.25) is 0 Å². The first-order valence-corrected chi connectivity index (χ1v) is 8.20. The van der Waals surface area contributed by atoms with Gasteiger partial charge in [0.05, 0.1) is 0 Å². The minimum atomic E-state index is -5.42. The number of carbonyl (C=O) groups is 2. The van der Waals surface area contributed by atoms with Gasteiger partial charge in [-0.25, -0.2) is 0 Å². The normalized spacial score (nSPS) is 13.3. The second-order valence-corrected chi connectivity index (χ2v) is 6.39. The van der Waals surface area contributed by atoms with E-state index in [2.05, 4.69) is 38.0 Å². The number of hydrogen-bond acceptors (Lipinski definition) is 6. The summed E-state index contributed by atoms with van der Waals surface area (Å²) >= 11 is 0. The molecule has 0 fully saturated rings. The summed E-state index contributed by atoms with van der Waals surface area (Å²) in [6.45, 7) is 2.29. The Morgan fingerprint density at radius 2 is 0.771 bits per heavy atom. The van der Waals surface area contributed by atoms with E-state index >= 15 is 0 Å². The van der Waals surface area contributed by atoms with Gasteiger partial charge in [0, 0.05) is 42.3 Å². The maximum Gasteiger partial charge on any atom is 0.454 e. The number of ketones is 2. The first kappa shape index (κ1) is 40.2. The third kappa shape index (κ3) is 23.5. The van der Waals surface area contributed by atoms with Crippen LogP contribution >= 0.6 is 0 Å². The molecule has 0 heterocycles. The number of aliphatic hydroxyl groups is 2. The third-order valence-corrected chi connectivity index (χ3v) is 2.67. The van der Waals surface area contributed by atoms with Crippen molar-refractivity contribution < 1.29 is 89.6 Å². The van der Waals surface area contributed by atoms with E-state index in [1.54, 1.807) is 0 Å². The van der Waals surface area contributed by atoms with Crippen LogP contribution in [-0.2, 0) is 26.7 Å². The van der Waals surface area contributed by atoms with Crippen LogP contribution in [0.15, 0.2) is 23.7 Å². The van der Waals surface area contributed by atoms with Crippen molar-refractivity contribution in [2.75, 3.05) is 41.3 Å². The summed E-state index contributed by atoms with van der Waals surface area (Å²) in [5, 5.41) is 15.9. The van der Waals surface area contributed by atoms with Gasteiger partial charge in [0.25, 0.3) is 11.6 Å². The SMILES string of the molecule is CN(C)CCN(C)C.O=C(/C=C(\O)C(F)(F)F)C(F)(F)F.O=C(/C=C(\O)C(F)(F)F)C(F)(F)F.[Fe]. The Balaban J connectivity index is -0.000000209. The third-order valence-electron chi connectivity index (χ3n) is 2.67. The molecular weight excluding hydrogens is 568 g/mol. The molecule has 0 rings (SSSR count). The molecule has 0 amide bonds. The van der Waals surface area contributed by atoms with Gasteiger partial charge in [0.15, 0.2) is 0 Å². The summed E-state index contributed by atoms with van der Waals surface area (Å²) in [5.74, 6) is -10.7. The molecule has 0 aromatic carbocycles. The fourth-order valence-corrected chi connectivity index (χ4v) is 0.976. The average Bonchev–Trinajstić information content (AvgIpc) is 2.57. The van der Waals surface area contributed by atoms with E-state index in [1.165, 1.54) is 0 Å². The van der Waals surface area contributed by atoms with E-state index in [0.29, 0.717) is 0 Å². The molecule has 0 unspecified atom stereocenters. The Labute approximate surface area is 201 Å². The maximum atomic E-state index is 11.4. The first-order chi connectivity index (χ1) is 14.7. The Hall–Kier alpha value is -1.98. The zero-order valence-corrected chi connectivity index (χ0v) is 19.2. The Morgan fingerprint density at radius 3 is 0.886 bits per heavy atom. The largest absolute Gasteiger partial charge is 0.504 e. The molecule has 19 heteroatoms. The van der Waals surface area contributed by atoms with Crippen LogP contribution in [0.3, 0.4) is 0 Å². The van der Waals surface area contributed by atoms with Gasteiger partial charge < -0.3 is 20.0 Å². The molecule has 0 aliphatic heterocycles. The molecule has 0 aliphatic carbocycles. The van der Waals surface area contributed by atoms with E-state index in [1.807, 2.05) is 0 Å². The molecule has 0 aromatic rings. The quantitative estimate of drug-likeness (QED) is 0.215. The van der Waals surface area contributed by atoms with E-state index in [4.69, 9.17) is 10.2 Å². The number of halogens is 12. The topological polar surface area (TPSA) is 81.1 Å². The van der Waals surface area contributed by atoms with Crippen LogP contribution in [0.25, 0.3) is 0 Å². The maximum absolute atomic E-state index is 11.4. The standard InChI is InChI=1S/C6H16N2.2C5H2F6O2.Fe/c1-7(2)5-6-8(3)4;2*6-4(7,8)2(12)1-3(13)5(9,10)11;/h5-6H2,1-4H3;2*1,12H;/b;2*2-1-;. The fourth-order valence-electron chi connectivity index (χ4n) is 0.976. The zero-order chi connectivity index (χ0) is 28.3. The van der Waals surface area contributed by atoms with Crippen molar-refractivity contribution in [2.45, 2.75) is 24.7 Å². The monoisotopic (exact) mass is 588 g/mol. The number of likely N-dealkylation sites (N-methyl/N-ethyl adjacent to an activating group) is 2. The Bertz CT molecular complexity index is 649. The molecule has 35 heavy (non-hydrogen) atoms. The number of allylic oxidation sites excluding steroid dienone is 4. The van der Waals surface area contributed by atoms with Gasteiger partial charge in [0.1, 0.15) is 0 Å². The molecular formula is C16H20F12FeN2O4. The van der Waals surface area contributed by atoms with Crippen molar-refractivity contribution in [3.05, 3.63) is 23.7 Å². The Morgan fingerprint density at radius 1 is 0.571 bits per heavy atom. The van der Waals surface area contributed by atoms with Gasteiger partial charge in [0.2, 0.25) is 11.5 Å². The van der Waals surface area contributed by atoms with Crippen molar-refractivity contribution in [1.29, 1.82) is 0 Å². The second-order valence-electron chi connectivity index (χ2n) is 6.39. The van der Waals surface area contributed by atoms with Crippen LogP contribution < -0.4 is 0 Å². The van der Waals surface area contributed by atoms with Gasteiger partial charge >= 0.3 is 24.7 Å². The summed E-state index contributed by atoms with van der Waals surface area (Å²) < 4.78 is 136. The fraction of sp³-hybridized carbons (Fsp3) is 0.625. The summed E-state index contributed by atoms with van der Waals surface area (Å²) in [5.41, 5.74) is 0. The van der Waals surface area contributed by atoms with Crippen LogP contribution in [0, 0.1) is 0 Å². The molecule has 0 spiro atoms. The molecule has 6 nitrogen and oxygen atoms in total. The van der Waals surface area contributed by atoms with Crippen LogP contribution in [0.4, 0.5) is 52.7 Å². The van der Waals surface area contributed by atoms with E-state index in [-0.39, 0.29) is 17.1 Å². The van der Waals surface area contributed by atoms with Gasteiger partial charge in [-0.05, 0) is 28.2 Å². The molecule has 0 aromatic heterocycles. The van der Waals surface area contributed by atoms with E-state index in [9.17, 15) is 62.3 Å². The predicted octanol–water partition coefficient (Wildman–Crippen LogP) is 4.35. The molecule has 0 atom stereocenters. The molecule has 0 radical (unpaired) electrons. The van der Waals surface area contributed by atoms with Gasteiger partial charge in [-0.3, -0.25) is 9.59 Å². The average molecular weight is 588 g/mol. The molecule has 0 saturated heterocycles. The van der Waals surface area contributed by atoms with E-state index < -0.39 is 59.9 Å².